The Morgan fingerprint density at radius 3 is 2.79 bits per heavy atom. The summed E-state index contributed by atoms with van der Waals surface area (Å²) in [7, 11) is 1.64. The highest BCUT2D eigenvalue weighted by atomic mass is 79.9. The van der Waals surface area contributed by atoms with Crippen molar-refractivity contribution in [2.24, 2.45) is 0 Å². The van der Waals surface area contributed by atoms with Gasteiger partial charge in [0.15, 0.2) is 0 Å². The summed E-state index contributed by atoms with van der Waals surface area (Å²) >= 11 is 3.47. The third kappa shape index (κ3) is 1.48. The minimum atomic E-state index is 0.744. The first kappa shape index (κ1) is 9.46. The normalized spacial score (nSPS) is 10.5. The van der Waals surface area contributed by atoms with Crippen LogP contribution in [0.15, 0.2) is 28.7 Å². The smallest absolute Gasteiger partial charge is 0.145 e. The molecule has 0 aliphatic rings. The Hall–Kier alpha value is -1.09. The molecule has 71 valence electrons. The van der Waals surface area contributed by atoms with E-state index in [9.17, 15) is 0 Å². The van der Waals surface area contributed by atoms with Crippen LogP contribution in [0.25, 0.3) is 10.9 Å². The fourth-order valence-corrected chi connectivity index (χ4v) is 1.81. The van der Waals surface area contributed by atoms with E-state index in [4.69, 9.17) is 4.74 Å². The van der Waals surface area contributed by atoms with E-state index in [0.29, 0.717) is 0 Å². The second-order valence-corrected chi connectivity index (χ2v) is 3.80. The van der Waals surface area contributed by atoms with Crippen molar-refractivity contribution in [1.29, 1.82) is 0 Å². The van der Waals surface area contributed by atoms with Crippen LogP contribution in [0.5, 0.6) is 5.75 Å². The molecule has 2 nitrogen and oxygen atoms in total. The molecule has 0 fully saturated rings. The molecule has 0 N–H and O–H groups in total. The molecule has 0 bridgehead atoms. The van der Waals surface area contributed by atoms with Gasteiger partial charge >= 0.3 is 0 Å². The highest BCUT2D eigenvalue weighted by Gasteiger charge is 2.05. The van der Waals surface area contributed by atoms with Crippen LogP contribution in [0.4, 0.5) is 0 Å². The van der Waals surface area contributed by atoms with E-state index in [2.05, 4.69) is 27.8 Å². The van der Waals surface area contributed by atoms with Crippen LogP contribution in [0.3, 0.4) is 0 Å². The van der Waals surface area contributed by atoms with E-state index >= 15 is 0 Å². The Kier molecular flexibility index (Phi) is 2.42. The second-order valence-electron chi connectivity index (χ2n) is 2.95. The lowest BCUT2D eigenvalue weighted by Gasteiger charge is -2.06. The van der Waals surface area contributed by atoms with Gasteiger partial charge in [0.2, 0.25) is 0 Å². The Balaban J connectivity index is 2.85. The van der Waals surface area contributed by atoms with E-state index in [0.717, 1.165) is 26.8 Å². The number of benzene rings is 1. The molecular weight excluding hydrogens is 242 g/mol. The van der Waals surface area contributed by atoms with E-state index in [1.165, 1.54) is 0 Å². The first-order chi connectivity index (χ1) is 6.72. The van der Waals surface area contributed by atoms with E-state index in [-0.39, 0.29) is 0 Å². The van der Waals surface area contributed by atoms with Gasteiger partial charge in [0.25, 0.3) is 0 Å². The van der Waals surface area contributed by atoms with Gasteiger partial charge in [0.1, 0.15) is 11.3 Å². The number of fused-ring (bicyclic) bond motifs is 1. The molecule has 0 unspecified atom stereocenters. The standard InChI is InChI=1S/C11H9BrNO/c1-7-3-4-8-9(12)5-6-10(14-2)11(8)13-7/h3-6H,1H2,2H3. The summed E-state index contributed by atoms with van der Waals surface area (Å²) in [4.78, 5) is 4.34. The number of halogens is 1. The molecule has 0 saturated heterocycles. The van der Waals surface area contributed by atoms with Gasteiger partial charge in [-0.3, -0.25) is 0 Å². The van der Waals surface area contributed by atoms with Gasteiger partial charge in [-0.1, -0.05) is 15.9 Å². The molecule has 0 aliphatic carbocycles. The van der Waals surface area contributed by atoms with Crippen molar-refractivity contribution in [3.63, 3.8) is 0 Å². The average Bonchev–Trinajstić information content (AvgIpc) is 2.18. The molecule has 0 saturated carbocycles. The lowest BCUT2D eigenvalue weighted by molar-refractivity contribution is 0.419. The van der Waals surface area contributed by atoms with Gasteiger partial charge < -0.3 is 4.74 Å². The van der Waals surface area contributed by atoms with Crippen LogP contribution in [0.2, 0.25) is 0 Å². The summed E-state index contributed by atoms with van der Waals surface area (Å²) in [6, 6.07) is 7.70. The van der Waals surface area contributed by atoms with Crippen molar-refractivity contribution in [2.75, 3.05) is 7.11 Å². The zero-order chi connectivity index (χ0) is 10.1. The topological polar surface area (TPSA) is 22.1 Å². The predicted octanol–water partition coefficient (Wildman–Crippen LogP) is 3.19. The van der Waals surface area contributed by atoms with Crippen molar-refractivity contribution in [1.82, 2.24) is 4.98 Å². The van der Waals surface area contributed by atoms with Crippen molar-refractivity contribution in [3.8, 4) is 5.75 Å². The number of rotatable bonds is 1. The molecule has 3 heteroatoms. The van der Waals surface area contributed by atoms with Gasteiger partial charge in [0.05, 0.1) is 7.11 Å². The minimum absolute atomic E-state index is 0.744. The highest BCUT2D eigenvalue weighted by Crippen LogP contribution is 2.30. The fraction of sp³-hybridized carbons (Fsp3) is 0.0909. The quantitative estimate of drug-likeness (QED) is 0.776. The molecular formula is C11H9BrNO. The summed E-state index contributed by atoms with van der Waals surface area (Å²) in [5, 5.41) is 1.04. The number of hydrogen-bond donors (Lipinski definition) is 0. The monoisotopic (exact) mass is 250 g/mol. The van der Waals surface area contributed by atoms with E-state index in [1.54, 1.807) is 7.11 Å². The number of aromatic nitrogens is 1. The zero-order valence-corrected chi connectivity index (χ0v) is 9.34. The molecule has 1 radical (unpaired) electrons. The first-order valence-corrected chi connectivity index (χ1v) is 4.97. The molecule has 0 amide bonds. The van der Waals surface area contributed by atoms with Crippen LogP contribution >= 0.6 is 15.9 Å². The van der Waals surface area contributed by atoms with Crippen LogP contribution in [-0.4, -0.2) is 12.1 Å². The third-order valence-electron chi connectivity index (χ3n) is 2.04. The van der Waals surface area contributed by atoms with Gasteiger partial charge in [-0.25, -0.2) is 4.98 Å². The Morgan fingerprint density at radius 1 is 1.29 bits per heavy atom. The SMILES string of the molecule is [CH2]c1ccc2c(Br)ccc(OC)c2n1. The van der Waals surface area contributed by atoms with Gasteiger partial charge in [0, 0.05) is 15.6 Å². The Morgan fingerprint density at radius 2 is 2.07 bits per heavy atom. The summed E-state index contributed by atoms with van der Waals surface area (Å²) < 4.78 is 6.24. The highest BCUT2D eigenvalue weighted by molar-refractivity contribution is 9.10. The molecule has 14 heavy (non-hydrogen) atoms. The maximum atomic E-state index is 5.23. The van der Waals surface area contributed by atoms with Crippen LogP contribution in [-0.2, 0) is 0 Å². The molecule has 0 aliphatic heterocycles. The number of ether oxygens (including phenoxy) is 1. The van der Waals surface area contributed by atoms with Crippen LogP contribution in [0.1, 0.15) is 5.69 Å². The number of hydrogen-bond acceptors (Lipinski definition) is 2. The number of pyridine rings is 1. The third-order valence-corrected chi connectivity index (χ3v) is 2.74. The molecule has 1 heterocycles. The van der Waals surface area contributed by atoms with Crippen molar-refractivity contribution >= 4 is 26.8 Å². The van der Waals surface area contributed by atoms with E-state index in [1.807, 2.05) is 24.3 Å². The van der Waals surface area contributed by atoms with Crippen LogP contribution < -0.4 is 4.74 Å². The molecule has 0 atom stereocenters. The molecule has 1 aromatic heterocycles. The lowest BCUT2D eigenvalue weighted by Crippen LogP contribution is -1.89. The Labute approximate surface area is 91.0 Å². The van der Waals surface area contributed by atoms with Gasteiger partial charge in [-0.2, -0.15) is 0 Å². The summed E-state index contributed by atoms with van der Waals surface area (Å²) in [5.74, 6) is 0.772. The van der Waals surface area contributed by atoms with E-state index < -0.39 is 0 Å². The van der Waals surface area contributed by atoms with Gasteiger partial charge in [-0.15, -0.1) is 0 Å². The lowest BCUT2D eigenvalue weighted by atomic mass is 10.2. The van der Waals surface area contributed by atoms with Crippen molar-refractivity contribution in [2.45, 2.75) is 0 Å². The number of methoxy groups -OCH3 is 1. The Bertz CT molecular complexity index is 482. The summed E-state index contributed by atoms with van der Waals surface area (Å²) in [5.41, 5.74) is 1.59. The maximum Gasteiger partial charge on any atom is 0.145 e. The predicted molar refractivity (Wildman–Crippen MR) is 60.5 cm³/mol. The summed E-state index contributed by atoms with van der Waals surface area (Å²) in [6.45, 7) is 3.79. The van der Waals surface area contributed by atoms with Gasteiger partial charge in [-0.05, 0) is 31.2 Å². The van der Waals surface area contributed by atoms with Crippen molar-refractivity contribution in [3.05, 3.63) is 41.4 Å². The molecule has 2 aromatic rings. The maximum absolute atomic E-state index is 5.23. The fourth-order valence-electron chi connectivity index (χ4n) is 1.36. The minimum Gasteiger partial charge on any atom is -0.494 e. The first-order valence-electron chi connectivity index (χ1n) is 4.17. The second kappa shape index (κ2) is 3.58. The molecule has 1 aromatic carbocycles. The largest absolute Gasteiger partial charge is 0.494 e. The zero-order valence-electron chi connectivity index (χ0n) is 7.75. The van der Waals surface area contributed by atoms with Crippen LogP contribution in [0, 0.1) is 6.92 Å². The van der Waals surface area contributed by atoms with Crippen molar-refractivity contribution < 1.29 is 4.74 Å². The summed E-state index contributed by atoms with van der Waals surface area (Å²) in [6.07, 6.45) is 0. The average molecular weight is 251 g/mol. The molecule has 0 spiro atoms. The molecule has 2 rings (SSSR count). The number of nitrogens with zero attached hydrogens (tertiary/aromatic N) is 1.